The highest BCUT2D eigenvalue weighted by Gasteiger charge is 2.41. The number of carbonyl (C=O) groups is 1. The van der Waals surface area contributed by atoms with Crippen LogP contribution < -0.4 is 9.47 Å². The van der Waals surface area contributed by atoms with E-state index in [1.807, 2.05) is 36.4 Å². The van der Waals surface area contributed by atoms with Crippen LogP contribution in [0.25, 0.3) is 11.1 Å². The number of amides is 1. The summed E-state index contributed by atoms with van der Waals surface area (Å²) >= 11 is 12.1. The van der Waals surface area contributed by atoms with E-state index in [9.17, 15) is 13.2 Å². The van der Waals surface area contributed by atoms with Crippen molar-refractivity contribution in [2.24, 2.45) is 0 Å². The quantitative estimate of drug-likeness (QED) is 0.217. The number of fused-ring (bicyclic) bond motifs is 1. The van der Waals surface area contributed by atoms with Gasteiger partial charge in [0.05, 0.1) is 22.2 Å². The maximum absolute atomic E-state index is 12.7. The van der Waals surface area contributed by atoms with Gasteiger partial charge in [0, 0.05) is 37.2 Å². The molecule has 10 heteroatoms. The summed E-state index contributed by atoms with van der Waals surface area (Å²) in [5.74, 6) is 1.04. The smallest absolute Gasteiger partial charge is 0.415 e. The molecule has 0 atom stereocenters. The third-order valence-electron chi connectivity index (χ3n) is 8.03. The van der Waals surface area contributed by atoms with Crippen LogP contribution in [0.5, 0.6) is 11.5 Å². The first-order chi connectivity index (χ1) is 20.7. The molecule has 1 fully saturated rings. The van der Waals surface area contributed by atoms with Crippen LogP contribution in [0.15, 0.2) is 85.1 Å². The lowest BCUT2D eigenvalue weighted by Crippen LogP contribution is -2.51. The van der Waals surface area contributed by atoms with Crippen LogP contribution in [0.3, 0.4) is 0 Å². The lowest BCUT2D eigenvalue weighted by molar-refractivity contribution is -0.00948. The Balaban J connectivity index is 1.06. The van der Waals surface area contributed by atoms with Crippen LogP contribution in [-0.4, -0.2) is 43.1 Å². The number of ether oxygens (including phenoxy) is 2. The van der Waals surface area contributed by atoms with Crippen molar-refractivity contribution in [1.29, 1.82) is 0 Å². The van der Waals surface area contributed by atoms with Gasteiger partial charge in [-0.2, -0.15) is 0 Å². The van der Waals surface area contributed by atoms with Gasteiger partial charge in [-0.05, 0) is 77.6 Å². The van der Waals surface area contributed by atoms with Gasteiger partial charge < -0.3 is 14.4 Å². The second-order valence-corrected chi connectivity index (χ2v) is 14.0. The molecule has 0 saturated carbocycles. The number of carbonyl (C=O) groups excluding carboxylic acids is 1. The molecule has 0 radical (unpaired) electrons. The Morgan fingerprint density at radius 1 is 0.907 bits per heavy atom. The molecule has 7 nitrogen and oxygen atoms in total. The minimum absolute atomic E-state index is 0.0337. The normalized spacial score (nSPS) is 15.9. The van der Waals surface area contributed by atoms with Crippen LogP contribution >= 0.6 is 23.2 Å². The van der Waals surface area contributed by atoms with E-state index in [1.54, 1.807) is 47.5 Å². The van der Waals surface area contributed by atoms with E-state index in [-0.39, 0.29) is 22.9 Å². The second-order valence-electron chi connectivity index (χ2n) is 11.1. The fourth-order valence-electron chi connectivity index (χ4n) is 5.67. The predicted molar refractivity (Wildman–Crippen MR) is 167 cm³/mol. The topological polar surface area (TPSA) is 85.8 Å². The van der Waals surface area contributed by atoms with Crippen molar-refractivity contribution in [2.45, 2.75) is 42.8 Å². The van der Waals surface area contributed by atoms with E-state index in [4.69, 9.17) is 32.7 Å². The number of sulfone groups is 1. The Morgan fingerprint density at radius 3 is 2.40 bits per heavy atom. The SMILES string of the molecule is O=C(Oc1ccc(Cl)cc1Cl)N1CCC2(CCc3cc(-c4ccc(CS(=O)(=O)Cc5ccccn5)cc4)ccc3O2)CC1. The van der Waals surface area contributed by atoms with Crippen molar-refractivity contribution in [1.82, 2.24) is 9.88 Å². The second kappa shape index (κ2) is 12.2. The van der Waals surface area contributed by atoms with Gasteiger partial charge in [-0.15, -0.1) is 0 Å². The zero-order valence-electron chi connectivity index (χ0n) is 23.3. The van der Waals surface area contributed by atoms with Crippen molar-refractivity contribution in [3.8, 4) is 22.6 Å². The number of hydrogen-bond donors (Lipinski definition) is 0. The van der Waals surface area contributed by atoms with E-state index < -0.39 is 15.9 Å². The van der Waals surface area contributed by atoms with Gasteiger partial charge in [-0.25, -0.2) is 13.2 Å². The first kappa shape index (κ1) is 29.5. The Hall–Kier alpha value is -3.59. The van der Waals surface area contributed by atoms with E-state index in [0.717, 1.165) is 40.8 Å². The van der Waals surface area contributed by atoms with Gasteiger partial charge in [0.25, 0.3) is 0 Å². The number of benzene rings is 3. The monoisotopic (exact) mass is 636 g/mol. The van der Waals surface area contributed by atoms with Gasteiger partial charge in [0.15, 0.2) is 15.6 Å². The Labute approximate surface area is 261 Å². The minimum atomic E-state index is -3.33. The van der Waals surface area contributed by atoms with Crippen molar-refractivity contribution < 1.29 is 22.7 Å². The Kier molecular flexibility index (Phi) is 8.36. The van der Waals surface area contributed by atoms with Gasteiger partial charge in [-0.1, -0.05) is 59.6 Å². The van der Waals surface area contributed by atoms with E-state index in [1.165, 1.54) is 0 Å². The average molecular weight is 638 g/mol. The zero-order chi connectivity index (χ0) is 30.0. The molecule has 6 rings (SSSR count). The third-order valence-corrected chi connectivity index (χ3v) is 10.1. The van der Waals surface area contributed by atoms with Gasteiger partial charge in [0.1, 0.15) is 11.4 Å². The van der Waals surface area contributed by atoms with Crippen molar-refractivity contribution in [3.63, 3.8) is 0 Å². The number of hydrogen-bond acceptors (Lipinski definition) is 6. The number of aromatic nitrogens is 1. The summed E-state index contributed by atoms with van der Waals surface area (Å²) in [6, 6.07) is 23.9. The fraction of sp³-hybridized carbons (Fsp3) is 0.273. The molecule has 1 aromatic heterocycles. The first-order valence-electron chi connectivity index (χ1n) is 14.1. The highest BCUT2D eigenvalue weighted by molar-refractivity contribution is 7.89. The summed E-state index contributed by atoms with van der Waals surface area (Å²) in [5.41, 5.74) is 4.19. The third kappa shape index (κ3) is 6.98. The molecule has 0 unspecified atom stereocenters. The number of pyridine rings is 1. The van der Waals surface area contributed by atoms with E-state index in [2.05, 4.69) is 11.1 Å². The predicted octanol–water partition coefficient (Wildman–Crippen LogP) is 7.53. The number of halogens is 2. The molecule has 0 bridgehead atoms. The standard InChI is InChI=1S/C33H30Cl2N2O5S/c34-27-9-11-31(29(35)20-27)41-32(38)37-17-14-33(15-18-37)13-12-26-19-25(8-10-30(26)42-33)24-6-4-23(5-7-24)21-43(39,40)22-28-3-1-2-16-36-28/h1-11,16,19-20H,12-15,17-18,21-22H2. The highest BCUT2D eigenvalue weighted by atomic mass is 35.5. The van der Waals surface area contributed by atoms with Crippen molar-refractivity contribution in [3.05, 3.63) is 112 Å². The molecule has 1 spiro atoms. The van der Waals surface area contributed by atoms with Crippen LogP contribution in [0.1, 0.15) is 36.1 Å². The molecule has 43 heavy (non-hydrogen) atoms. The maximum Gasteiger partial charge on any atom is 0.415 e. The first-order valence-corrected chi connectivity index (χ1v) is 16.7. The Morgan fingerprint density at radius 2 is 1.67 bits per heavy atom. The van der Waals surface area contributed by atoms with Gasteiger partial charge in [0.2, 0.25) is 0 Å². The lowest BCUT2D eigenvalue weighted by Gasteiger charge is -2.44. The van der Waals surface area contributed by atoms with Crippen LogP contribution in [0.2, 0.25) is 10.0 Å². The Bertz CT molecular complexity index is 1740. The number of aryl methyl sites for hydroxylation is 1. The molecule has 2 aliphatic heterocycles. The van der Waals surface area contributed by atoms with Crippen LogP contribution in [-0.2, 0) is 27.8 Å². The van der Waals surface area contributed by atoms with Gasteiger partial charge >= 0.3 is 6.09 Å². The molecular formula is C33H30Cl2N2O5S. The number of piperidine rings is 1. The molecule has 3 heterocycles. The molecule has 2 aliphatic rings. The average Bonchev–Trinajstić information content (AvgIpc) is 2.99. The summed E-state index contributed by atoms with van der Waals surface area (Å²) < 4.78 is 37.4. The van der Waals surface area contributed by atoms with Crippen molar-refractivity contribution in [2.75, 3.05) is 13.1 Å². The molecule has 4 aromatic rings. The molecule has 1 saturated heterocycles. The summed E-state index contributed by atoms with van der Waals surface area (Å²) in [6.45, 7) is 1.06. The summed E-state index contributed by atoms with van der Waals surface area (Å²) in [5, 5.41) is 0.770. The fourth-order valence-corrected chi connectivity index (χ4v) is 7.54. The largest absolute Gasteiger partial charge is 0.487 e. The highest BCUT2D eigenvalue weighted by Crippen LogP contribution is 2.41. The summed E-state index contributed by atoms with van der Waals surface area (Å²) in [7, 11) is -3.33. The van der Waals surface area contributed by atoms with Crippen LogP contribution in [0.4, 0.5) is 4.79 Å². The van der Waals surface area contributed by atoms with Crippen LogP contribution in [0, 0.1) is 0 Å². The number of rotatable bonds is 6. The molecular weight excluding hydrogens is 607 g/mol. The lowest BCUT2D eigenvalue weighted by atomic mass is 9.82. The molecule has 3 aromatic carbocycles. The summed E-state index contributed by atoms with van der Waals surface area (Å²) in [4.78, 5) is 18.6. The van der Waals surface area contributed by atoms with E-state index in [0.29, 0.717) is 41.7 Å². The maximum atomic E-state index is 12.7. The number of nitrogens with zero attached hydrogens (tertiary/aromatic N) is 2. The minimum Gasteiger partial charge on any atom is -0.487 e. The van der Waals surface area contributed by atoms with E-state index >= 15 is 0 Å². The van der Waals surface area contributed by atoms with Crippen molar-refractivity contribution >= 4 is 39.1 Å². The zero-order valence-corrected chi connectivity index (χ0v) is 25.7. The molecule has 0 aliphatic carbocycles. The summed E-state index contributed by atoms with van der Waals surface area (Å²) in [6.07, 6.45) is 4.33. The molecule has 1 amide bonds. The van der Waals surface area contributed by atoms with Gasteiger partial charge in [-0.3, -0.25) is 4.98 Å². The molecule has 222 valence electrons. The molecule has 0 N–H and O–H groups in total. The number of likely N-dealkylation sites (tertiary alicyclic amines) is 1.